The van der Waals surface area contributed by atoms with E-state index in [0.717, 1.165) is 0 Å². The third kappa shape index (κ3) is 1.50. The minimum Gasteiger partial charge on any atom is -0.314 e. The Hall–Kier alpha value is -0.740. The SMILES string of the molecule is C1=C(c2cccs2)N2C(=N[C@H]3CCCC[C@H]32)S1. The molecule has 1 aromatic heterocycles. The van der Waals surface area contributed by atoms with Crippen molar-refractivity contribution in [1.29, 1.82) is 0 Å². The minimum atomic E-state index is 0.565. The van der Waals surface area contributed by atoms with Crippen molar-refractivity contribution in [2.45, 2.75) is 37.8 Å². The van der Waals surface area contributed by atoms with Crippen LogP contribution in [0, 0.1) is 0 Å². The Morgan fingerprint density at radius 2 is 2.24 bits per heavy atom. The number of amidine groups is 1. The zero-order chi connectivity index (χ0) is 11.2. The molecule has 2 nitrogen and oxygen atoms in total. The summed E-state index contributed by atoms with van der Waals surface area (Å²) in [5.74, 6) is 0. The second-order valence-electron chi connectivity index (χ2n) is 4.80. The Bertz CT molecular complexity index is 490. The third-order valence-corrected chi connectivity index (χ3v) is 5.56. The Kier molecular flexibility index (Phi) is 2.33. The van der Waals surface area contributed by atoms with Gasteiger partial charge in [0.2, 0.25) is 0 Å². The lowest BCUT2D eigenvalue weighted by Crippen LogP contribution is -2.37. The van der Waals surface area contributed by atoms with Crippen molar-refractivity contribution < 1.29 is 0 Å². The van der Waals surface area contributed by atoms with Crippen molar-refractivity contribution in [2.24, 2.45) is 4.99 Å². The first-order chi connectivity index (χ1) is 8.43. The normalized spacial score (nSPS) is 30.9. The van der Waals surface area contributed by atoms with Gasteiger partial charge in [-0.1, -0.05) is 30.7 Å². The van der Waals surface area contributed by atoms with E-state index >= 15 is 0 Å². The molecule has 0 N–H and O–H groups in total. The summed E-state index contributed by atoms with van der Waals surface area (Å²) >= 11 is 3.64. The fourth-order valence-electron chi connectivity index (χ4n) is 3.02. The van der Waals surface area contributed by atoms with E-state index in [1.165, 1.54) is 41.4 Å². The highest BCUT2D eigenvalue weighted by atomic mass is 32.2. The molecule has 0 radical (unpaired) electrons. The predicted molar refractivity (Wildman–Crippen MR) is 75.2 cm³/mol. The number of fused-ring (bicyclic) bond motifs is 3. The van der Waals surface area contributed by atoms with Crippen molar-refractivity contribution in [3.63, 3.8) is 0 Å². The Morgan fingerprint density at radius 3 is 3.12 bits per heavy atom. The summed E-state index contributed by atoms with van der Waals surface area (Å²) in [4.78, 5) is 8.77. The number of nitrogens with zero attached hydrogens (tertiary/aromatic N) is 2. The smallest absolute Gasteiger partial charge is 0.168 e. The Morgan fingerprint density at radius 1 is 1.29 bits per heavy atom. The molecule has 0 aromatic carbocycles. The zero-order valence-electron chi connectivity index (χ0n) is 9.50. The number of hydrogen-bond acceptors (Lipinski definition) is 4. The van der Waals surface area contributed by atoms with Crippen LogP contribution in [0.3, 0.4) is 0 Å². The summed E-state index contributed by atoms with van der Waals surface area (Å²) in [6.07, 6.45) is 5.31. The Balaban J connectivity index is 1.70. The van der Waals surface area contributed by atoms with Crippen molar-refractivity contribution >= 4 is 34.0 Å². The summed E-state index contributed by atoms with van der Waals surface area (Å²) in [6, 6.07) is 5.56. The monoisotopic (exact) mass is 262 g/mol. The van der Waals surface area contributed by atoms with Crippen LogP contribution < -0.4 is 0 Å². The van der Waals surface area contributed by atoms with Crippen LogP contribution in [0.5, 0.6) is 0 Å². The molecule has 0 unspecified atom stereocenters. The van der Waals surface area contributed by atoms with Crippen molar-refractivity contribution in [2.75, 3.05) is 0 Å². The molecule has 3 aliphatic rings. The number of hydrogen-bond donors (Lipinski definition) is 0. The first-order valence-corrected chi connectivity index (χ1v) is 7.97. The molecule has 3 heterocycles. The van der Waals surface area contributed by atoms with Crippen molar-refractivity contribution in [3.05, 3.63) is 27.8 Å². The van der Waals surface area contributed by atoms with Crippen LogP contribution in [0.25, 0.3) is 5.70 Å². The first-order valence-electron chi connectivity index (χ1n) is 6.21. The standard InChI is InChI=1S/C13H14N2S2/c1-2-5-10-9(4-1)14-13-15(10)11(8-17-13)12-6-3-7-16-12/h3,6-10H,1-2,4-5H2/t9-,10+/m0/s1. The number of aliphatic imine (C=N–C) groups is 1. The highest BCUT2D eigenvalue weighted by Gasteiger charge is 2.42. The highest BCUT2D eigenvalue weighted by molar-refractivity contribution is 8.16. The van der Waals surface area contributed by atoms with Crippen LogP contribution >= 0.6 is 23.1 Å². The molecule has 1 fully saturated rings. The molecule has 4 rings (SSSR count). The van der Waals surface area contributed by atoms with Gasteiger partial charge in [-0.2, -0.15) is 0 Å². The molecular weight excluding hydrogens is 248 g/mol. The van der Waals surface area contributed by atoms with Gasteiger partial charge in [0.1, 0.15) is 0 Å². The molecule has 0 spiro atoms. The fourth-order valence-corrected chi connectivity index (χ4v) is 4.84. The molecule has 1 aliphatic carbocycles. The van der Waals surface area contributed by atoms with Gasteiger partial charge in [0, 0.05) is 5.41 Å². The Labute approximate surface area is 109 Å². The second-order valence-corrected chi connectivity index (χ2v) is 6.58. The number of thioether (sulfide) groups is 1. The molecular formula is C13H14N2S2. The van der Waals surface area contributed by atoms with Crippen molar-refractivity contribution in [1.82, 2.24) is 4.90 Å². The van der Waals surface area contributed by atoms with Gasteiger partial charge in [-0.3, -0.25) is 4.99 Å². The molecule has 17 heavy (non-hydrogen) atoms. The summed E-state index contributed by atoms with van der Waals surface area (Å²) in [6.45, 7) is 0. The topological polar surface area (TPSA) is 15.6 Å². The van der Waals surface area contributed by atoms with Gasteiger partial charge in [0.15, 0.2) is 5.17 Å². The predicted octanol–water partition coefficient (Wildman–Crippen LogP) is 3.78. The maximum Gasteiger partial charge on any atom is 0.168 e. The van der Waals surface area contributed by atoms with Crippen molar-refractivity contribution in [3.8, 4) is 0 Å². The summed E-state index contributed by atoms with van der Waals surface area (Å²) in [7, 11) is 0. The average molecular weight is 262 g/mol. The number of rotatable bonds is 1. The van der Waals surface area contributed by atoms with E-state index in [4.69, 9.17) is 4.99 Å². The van der Waals surface area contributed by atoms with E-state index < -0.39 is 0 Å². The second kappa shape index (κ2) is 3.89. The summed E-state index contributed by atoms with van der Waals surface area (Å²) in [5, 5.41) is 5.67. The van der Waals surface area contributed by atoms with Gasteiger partial charge in [0.05, 0.1) is 22.7 Å². The summed E-state index contributed by atoms with van der Waals surface area (Å²) < 4.78 is 0. The molecule has 1 saturated carbocycles. The molecule has 0 amide bonds. The largest absolute Gasteiger partial charge is 0.314 e. The minimum absolute atomic E-state index is 0.565. The molecule has 2 aliphatic heterocycles. The van der Waals surface area contributed by atoms with Crippen LogP contribution in [0.4, 0.5) is 0 Å². The van der Waals surface area contributed by atoms with E-state index in [-0.39, 0.29) is 0 Å². The maximum absolute atomic E-state index is 4.89. The fraction of sp³-hybridized carbons (Fsp3) is 0.462. The molecule has 0 saturated heterocycles. The maximum atomic E-state index is 4.89. The van der Waals surface area contributed by atoms with Crippen LogP contribution in [-0.4, -0.2) is 22.2 Å². The van der Waals surface area contributed by atoms with Crippen LogP contribution in [0.1, 0.15) is 30.6 Å². The van der Waals surface area contributed by atoms with Gasteiger partial charge in [0.25, 0.3) is 0 Å². The number of thiophene rings is 1. The van der Waals surface area contributed by atoms with Gasteiger partial charge in [-0.05, 0) is 24.3 Å². The zero-order valence-corrected chi connectivity index (χ0v) is 11.1. The highest BCUT2D eigenvalue weighted by Crippen LogP contribution is 2.44. The molecule has 4 heteroatoms. The quantitative estimate of drug-likeness (QED) is 0.765. The lowest BCUT2D eigenvalue weighted by atomic mass is 9.90. The van der Waals surface area contributed by atoms with Gasteiger partial charge < -0.3 is 4.90 Å². The van der Waals surface area contributed by atoms with Crippen LogP contribution in [-0.2, 0) is 0 Å². The molecule has 1 aromatic rings. The van der Waals surface area contributed by atoms with E-state index in [9.17, 15) is 0 Å². The van der Waals surface area contributed by atoms with Gasteiger partial charge in [-0.15, -0.1) is 11.3 Å². The molecule has 0 bridgehead atoms. The lowest BCUT2D eigenvalue weighted by molar-refractivity contribution is 0.306. The van der Waals surface area contributed by atoms with E-state index in [0.29, 0.717) is 12.1 Å². The van der Waals surface area contributed by atoms with Gasteiger partial charge in [-0.25, -0.2) is 0 Å². The third-order valence-electron chi connectivity index (χ3n) is 3.82. The first kappa shape index (κ1) is 10.2. The van der Waals surface area contributed by atoms with Gasteiger partial charge >= 0.3 is 0 Å². The lowest BCUT2D eigenvalue weighted by Gasteiger charge is -2.31. The van der Waals surface area contributed by atoms with Crippen LogP contribution in [0.15, 0.2) is 27.9 Å². The van der Waals surface area contributed by atoms with E-state index in [1.54, 1.807) is 11.8 Å². The molecule has 2 atom stereocenters. The van der Waals surface area contributed by atoms with E-state index in [2.05, 4.69) is 27.8 Å². The van der Waals surface area contributed by atoms with E-state index in [1.807, 2.05) is 11.3 Å². The summed E-state index contributed by atoms with van der Waals surface area (Å²) in [5.41, 5.74) is 1.39. The molecule has 88 valence electrons. The van der Waals surface area contributed by atoms with Crippen LogP contribution in [0.2, 0.25) is 0 Å². The average Bonchev–Trinajstić information content (AvgIpc) is 3.04.